The maximum atomic E-state index is 5.87. The first-order valence-electron chi connectivity index (χ1n) is 8.87. The van der Waals surface area contributed by atoms with E-state index in [4.69, 9.17) is 12.2 Å². The Hall–Kier alpha value is -0.480. The van der Waals surface area contributed by atoms with Crippen LogP contribution in [0.5, 0.6) is 0 Å². The molecule has 0 amide bonds. The molecule has 0 saturated carbocycles. The van der Waals surface area contributed by atoms with Gasteiger partial charge in [0, 0.05) is 12.5 Å². The topological polar surface area (TPSA) is 26.0 Å². The molecule has 0 aromatic heterocycles. The zero-order chi connectivity index (χ0) is 15.1. The highest BCUT2D eigenvalue weighted by atomic mass is 14.6. The first-order valence-corrected chi connectivity index (χ1v) is 8.87. The summed E-state index contributed by atoms with van der Waals surface area (Å²) >= 11 is 0. The van der Waals surface area contributed by atoms with Crippen LogP contribution in [0.2, 0.25) is 0 Å². The lowest BCUT2D eigenvalue weighted by molar-refractivity contribution is 0.423. The molecule has 2 unspecified atom stereocenters. The van der Waals surface area contributed by atoms with E-state index in [1.54, 1.807) is 0 Å². The van der Waals surface area contributed by atoms with Crippen molar-refractivity contribution in [3.05, 3.63) is 0 Å². The van der Waals surface area contributed by atoms with E-state index in [2.05, 4.69) is 19.8 Å². The van der Waals surface area contributed by atoms with E-state index in [0.717, 1.165) is 6.42 Å². The van der Waals surface area contributed by atoms with Gasteiger partial charge in [-0.05, 0) is 25.7 Å². The monoisotopic (exact) mass is 279 g/mol. The molecule has 0 rings (SSSR count). The van der Waals surface area contributed by atoms with Crippen molar-refractivity contribution in [2.75, 3.05) is 0 Å². The van der Waals surface area contributed by atoms with Crippen molar-refractivity contribution < 1.29 is 0 Å². The van der Waals surface area contributed by atoms with Gasteiger partial charge in [-0.3, -0.25) is 0 Å². The number of nitrogens with two attached hydrogens (primary N) is 1. The SMILES string of the molecule is C#CCCCCCCCCCCCCCC(C)C(C)N. The second kappa shape index (κ2) is 14.9. The van der Waals surface area contributed by atoms with E-state index in [1.807, 2.05) is 0 Å². The Balaban J connectivity index is 3.05. The van der Waals surface area contributed by atoms with Gasteiger partial charge in [0.15, 0.2) is 0 Å². The quantitative estimate of drug-likeness (QED) is 0.321. The van der Waals surface area contributed by atoms with E-state index in [0.29, 0.717) is 12.0 Å². The van der Waals surface area contributed by atoms with Crippen molar-refractivity contribution in [1.29, 1.82) is 0 Å². The summed E-state index contributed by atoms with van der Waals surface area (Å²) in [5, 5.41) is 0. The average Bonchev–Trinajstić information content (AvgIpc) is 2.43. The fraction of sp³-hybridized carbons (Fsp3) is 0.895. The van der Waals surface area contributed by atoms with E-state index in [-0.39, 0.29) is 0 Å². The Morgan fingerprint density at radius 1 is 0.750 bits per heavy atom. The minimum Gasteiger partial charge on any atom is -0.328 e. The first kappa shape index (κ1) is 19.5. The van der Waals surface area contributed by atoms with E-state index in [9.17, 15) is 0 Å². The van der Waals surface area contributed by atoms with Gasteiger partial charge in [-0.1, -0.05) is 71.1 Å². The largest absolute Gasteiger partial charge is 0.328 e. The van der Waals surface area contributed by atoms with Crippen LogP contribution in [0.15, 0.2) is 0 Å². The molecule has 118 valence electrons. The Kier molecular flexibility index (Phi) is 14.6. The van der Waals surface area contributed by atoms with Crippen LogP contribution in [0, 0.1) is 18.3 Å². The number of hydrogen-bond donors (Lipinski definition) is 1. The third-order valence-corrected chi connectivity index (χ3v) is 4.38. The third-order valence-electron chi connectivity index (χ3n) is 4.38. The predicted octanol–water partition coefficient (Wildman–Crippen LogP) is 5.67. The molecule has 0 aliphatic rings. The third kappa shape index (κ3) is 13.9. The lowest BCUT2D eigenvalue weighted by Gasteiger charge is -2.14. The fourth-order valence-corrected chi connectivity index (χ4v) is 2.55. The molecule has 1 nitrogen and oxygen atoms in total. The van der Waals surface area contributed by atoms with Gasteiger partial charge in [0.05, 0.1) is 0 Å². The van der Waals surface area contributed by atoms with E-state index >= 15 is 0 Å². The lowest BCUT2D eigenvalue weighted by Crippen LogP contribution is -2.23. The van der Waals surface area contributed by atoms with Gasteiger partial charge < -0.3 is 5.73 Å². The number of hydrogen-bond acceptors (Lipinski definition) is 1. The van der Waals surface area contributed by atoms with Crippen molar-refractivity contribution in [3.8, 4) is 12.3 Å². The Bertz CT molecular complexity index is 226. The molecule has 0 spiro atoms. The summed E-state index contributed by atoms with van der Waals surface area (Å²) in [6.07, 6.45) is 22.6. The van der Waals surface area contributed by atoms with Crippen molar-refractivity contribution in [1.82, 2.24) is 0 Å². The minimum atomic E-state index is 0.357. The zero-order valence-corrected chi connectivity index (χ0v) is 14.0. The maximum Gasteiger partial charge on any atom is 0.00860 e. The van der Waals surface area contributed by atoms with E-state index < -0.39 is 0 Å². The van der Waals surface area contributed by atoms with Crippen LogP contribution in [-0.2, 0) is 0 Å². The van der Waals surface area contributed by atoms with Gasteiger partial charge in [0.1, 0.15) is 0 Å². The molecule has 0 heterocycles. The van der Waals surface area contributed by atoms with Gasteiger partial charge in [-0.2, -0.15) is 0 Å². The molecule has 0 radical (unpaired) electrons. The summed E-state index contributed by atoms with van der Waals surface area (Å²) in [5.74, 6) is 3.39. The zero-order valence-electron chi connectivity index (χ0n) is 14.0. The predicted molar refractivity (Wildman–Crippen MR) is 91.7 cm³/mol. The molecule has 20 heavy (non-hydrogen) atoms. The first-order chi connectivity index (χ1) is 9.68. The van der Waals surface area contributed by atoms with Crippen LogP contribution in [0.1, 0.15) is 97.3 Å². The summed E-state index contributed by atoms with van der Waals surface area (Å²) < 4.78 is 0. The summed E-state index contributed by atoms with van der Waals surface area (Å²) in [6.45, 7) is 4.39. The van der Waals surface area contributed by atoms with Gasteiger partial charge >= 0.3 is 0 Å². The molecule has 0 aliphatic carbocycles. The average molecular weight is 280 g/mol. The van der Waals surface area contributed by atoms with Crippen LogP contribution < -0.4 is 5.73 Å². The van der Waals surface area contributed by atoms with E-state index in [1.165, 1.54) is 77.0 Å². The number of unbranched alkanes of at least 4 members (excludes halogenated alkanes) is 11. The molecule has 0 saturated heterocycles. The fourth-order valence-electron chi connectivity index (χ4n) is 2.55. The highest BCUT2D eigenvalue weighted by molar-refractivity contribution is 4.82. The van der Waals surface area contributed by atoms with Gasteiger partial charge in [0.2, 0.25) is 0 Å². The van der Waals surface area contributed by atoms with Crippen LogP contribution in [0.3, 0.4) is 0 Å². The molecule has 0 aliphatic heterocycles. The summed E-state index contributed by atoms with van der Waals surface area (Å²) in [6, 6.07) is 0.357. The van der Waals surface area contributed by atoms with Crippen LogP contribution in [0.4, 0.5) is 0 Å². The number of rotatable bonds is 14. The summed E-state index contributed by atoms with van der Waals surface area (Å²) in [7, 11) is 0. The van der Waals surface area contributed by atoms with Crippen LogP contribution >= 0.6 is 0 Å². The van der Waals surface area contributed by atoms with Gasteiger partial charge in [-0.15, -0.1) is 12.3 Å². The maximum absolute atomic E-state index is 5.87. The van der Waals surface area contributed by atoms with Crippen molar-refractivity contribution in [2.45, 2.75) is 103 Å². The van der Waals surface area contributed by atoms with Crippen LogP contribution in [0.25, 0.3) is 0 Å². The second-order valence-corrected chi connectivity index (χ2v) is 6.47. The van der Waals surface area contributed by atoms with Gasteiger partial charge in [0.25, 0.3) is 0 Å². The molecule has 1 heteroatoms. The molecule has 2 N–H and O–H groups in total. The smallest absolute Gasteiger partial charge is 0.00860 e. The molecular formula is C19H37N. The van der Waals surface area contributed by atoms with Gasteiger partial charge in [-0.25, -0.2) is 0 Å². The normalized spacial score (nSPS) is 13.9. The second-order valence-electron chi connectivity index (χ2n) is 6.47. The molecule has 0 aromatic carbocycles. The highest BCUT2D eigenvalue weighted by Crippen LogP contribution is 2.15. The molecule has 0 bridgehead atoms. The minimum absolute atomic E-state index is 0.357. The molecular weight excluding hydrogens is 242 g/mol. The Morgan fingerprint density at radius 3 is 1.55 bits per heavy atom. The van der Waals surface area contributed by atoms with Crippen molar-refractivity contribution in [2.24, 2.45) is 11.7 Å². The lowest BCUT2D eigenvalue weighted by atomic mass is 9.96. The summed E-state index contributed by atoms with van der Waals surface area (Å²) in [4.78, 5) is 0. The highest BCUT2D eigenvalue weighted by Gasteiger charge is 2.05. The Labute approximate surface area is 128 Å². The van der Waals surface area contributed by atoms with Crippen LogP contribution in [-0.4, -0.2) is 6.04 Å². The molecule has 2 atom stereocenters. The number of terminal acetylenes is 1. The Morgan fingerprint density at radius 2 is 1.15 bits per heavy atom. The van der Waals surface area contributed by atoms with Crippen molar-refractivity contribution in [3.63, 3.8) is 0 Å². The summed E-state index contributed by atoms with van der Waals surface area (Å²) in [5.41, 5.74) is 5.87. The molecule has 0 fully saturated rings. The standard InChI is InChI=1S/C19H37N/c1-4-5-6-7-8-9-10-11-12-13-14-15-16-17-18(2)19(3)20/h1,18-19H,5-17,20H2,2-3H3. The molecule has 0 aromatic rings. The van der Waals surface area contributed by atoms with Crippen molar-refractivity contribution >= 4 is 0 Å².